The van der Waals surface area contributed by atoms with Crippen LogP contribution in [0.1, 0.15) is 32.6 Å². The second-order valence-electron chi connectivity index (χ2n) is 5.05. The maximum atomic E-state index is 12.3. The number of hydrogen-bond donors (Lipinski definition) is 2. The molecular formula is C13H24N2O4. The molecule has 19 heavy (non-hydrogen) atoms. The molecule has 2 N–H and O–H groups in total. The van der Waals surface area contributed by atoms with E-state index in [1.54, 1.807) is 9.80 Å². The van der Waals surface area contributed by atoms with Crippen LogP contribution in [0.2, 0.25) is 0 Å². The molecule has 1 rings (SSSR count). The van der Waals surface area contributed by atoms with E-state index in [0.717, 1.165) is 19.3 Å². The summed E-state index contributed by atoms with van der Waals surface area (Å²) < 4.78 is 0. The summed E-state index contributed by atoms with van der Waals surface area (Å²) in [7, 11) is 0. The molecular weight excluding hydrogens is 248 g/mol. The van der Waals surface area contributed by atoms with Gasteiger partial charge in [-0.1, -0.05) is 6.92 Å². The van der Waals surface area contributed by atoms with Crippen molar-refractivity contribution in [3.63, 3.8) is 0 Å². The summed E-state index contributed by atoms with van der Waals surface area (Å²) in [6.07, 6.45) is 2.68. The molecule has 0 saturated carbocycles. The number of likely N-dealkylation sites (tertiary alicyclic amines) is 1. The zero-order valence-electron chi connectivity index (χ0n) is 11.5. The summed E-state index contributed by atoms with van der Waals surface area (Å²) in [6, 6.07) is -0.0778. The molecule has 0 aromatic rings. The van der Waals surface area contributed by atoms with Gasteiger partial charge in [0.25, 0.3) is 0 Å². The Morgan fingerprint density at radius 3 is 2.68 bits per heavy atom. The summed E-state index contributed by atoms with van der Waals surface area (Å²) >= 11 is 0. The highest BCUT2D eigenvalue weighted by Crippen LogP contribution is 2.20. The number of aliphatic hydroxyl groups excluding tert-OH is 1. The first-order chi connectivity index (χ1) is 9.08. The predicted octanol–water partition coefficient (Wildman–Crippen LogP) is 0.997. The summed E-state index contributed by atoms with van der Waals surface area (Å²) in [5.74, 6) is -0.757. The first-order valence-electron chi connectivity index (χ1n) is 6.95. The molecule has 6 nitrogen and oxygen atoms in total. The van der Waals surface area contributed by atoms with Crippen molar-refractivity contribution < 1.29 is 19.8 Å². The SMILES string of the molecule is CCCN(CCO)C(=O)N1CCCC(CC(=O)O)C1. The lowest BCUT2D eigenvalue weighted by molar-refractivity contribution is -0.138. The molecule has 1 aliphatic heterocycles. The van der Waals surface area contributed by atoms with Gasteiger partial charge in [-0.2, -0.15) is 0 Å². The van der Waals surface area contributed by atoms with Crippen LogP contribution in [-0.2, 0) is 4.79 Å². The summed E-state index contributed by atoms with van der Waals surface area (Å²) in [4.78, 5) is 26.4. The van der Waals surface area contributed by atoms with Gasteiger partial charge in [-0.15, -0.1) is 0 Å². The Morgan fingerprint density at radius 2 is 2.11 bits per heavy atom. The lowest BCUT2D eigenvalue weighted by atomic mass is 9.95. The van der Waals surface area contributed by atoms with Gasteiger partial charge in [0.1, 0.15) is 0 Å². The Labute approximate surface area is 114 Å². The van der Waals surface area contributed by atoms with E-state index in [-0.39, 0.29) is 25.0 Å². The van der Waals surface area contributed by atoms with Crippen molar-refractivity contribution in [2.24, 2.45) is 5.92 Å². The van der Waals surface area contributed by atoms with E-state index in [9.17, 15) is 9.59 Å². The van der Waals surface area contributed by atoms with E-state index in [2.05, 4.69) is 0 Å². The van der Waals surface area contributed by atoms with Crippen molar-refractivity contribution in [3.05, 3.63) is 0 Å². The topological polar surface area (TPSA) is 81.1 Å². The Hall–Kier alpha value is -1.30. The lowest BCUT2D eigenvalue weighted by Crippen LogP contribution is -2.48. The van der Waals surface area contributed by atoms with Gasteiger partial charge < -0.3 is 20.0 Å². The fraction of sp³-hybridized carbons (Fsp3) is 0.846. The highest BCUT2D eigenvalue weighted by atomic mass is 16.4. The number of aliphatic carboxylic acids is 1. The van der Waals surface area contributed by atoms with Crippen LogP contribution in [0.15, 0.2) is 0 Å². The van der Waals surface area contributed by atoms with Crippen molar-refractivity contribution in [2.45, 2.75) is 32.6 Å². The van der Waals surface area contributed by atoms with E-state index in [0.29, 0.717) is 26.2 Å². The van der Waals surface area contributed by atoms with Gasteiger partial charge in [-0.25, -0.2) is 4.79 Å². The van der Waals surface area contributed by atoms with Crippen LogP contribution in [0.25, 0.3) is 0 Å². The minimum atomic E-state index is -0.805. The average Bonchev–Trinajstić information content (AvgIpc) is 2.37. The highest BCUT2D eigenvalue weighted by molar-refractivity contribution is 5.74. The third-order valence-electron chi connectivity index (χ3n) is 3.39. The van der Waals surface area contributed by atoms with Crippen molar-refractivity contribution in [3.8, 4) is 0 Å². The van der Waals surface area contributed by atoms with Crippen LogP contribution in [0.4, 0.5) is 4.79 Å². The van der Waals surface area contributed by atoms with Crippen molar-refractivity contribution in [1.82, 2.24) is 9.80 Å². The van der Waals surface area contributed by atoms with E-state index >= 15 is 0 Å². The van der Waals surface area contributed by atoms with Crippen molar-refractivity contribution in [2.75, 3.05) is 32.8 Å². The molecule has 1 atom stereocenters. The summed E-state index contributed by atoms with van der Waals surface area (Å²) in [5, 5.41) is 17.8. The first kappa shape index (κ1) is 15.8. The van der Waals surface area contributed by atoms with E-state index in [1.807, 2.05) is 6.92 Å². The van der Waals surface area contributed by atoms with Crippen LogP contribution in [0.5, 0.6) is 0 Å². The molecule has 0 aliphatic carbocycles. The number of rotatable bonds is 6. The standard InChI is InChI=1S/C13H24N2O4/c1-2-5-14(7-8-16)13(19)15-6-3-4-11(10-15)9-12(17)18/h11,16H,2-10H2,1H3,(H,17,18). The quantitative estimate of drug-likeness (QED) is 0.755. The predicted molar refractivity (Wildman–Crippen MR) is 70.9 cm³/mol. The normalized spacial score (nSPS) is 19.3. The first-order valence-corrected chi connectivity index (χ1v) is 6.95. The van der Waals surface area contributed by atoms with Gasteiger partial charge in [-0.05, 0) is 25.2 Å². The number of nitrogens with zero attached hydrogens (tertiary/aromatic N) is 2. The van der Waals surface area contributed by atoms with E-state index in [1.165, 1.54) is 0 Å². The maximum absolute atomic E-state index is 12.3. The zero-order chi connectivity index (χ0) is 14.3. The van der Waals surface area contributed by atoms with Gasteiger partial charge in [-0.3, -0.25) is 4.79 Å². The molecule has 0 spiro atoms. The number of carbonyl (C=O) groups is 2. The van der Waals surface area contributed by atoms with Gasteiger partial charge in [0.15, 0.2) is 0 Å². The number of aliphatic hydroxyl groups is 1. The minimum Gasteiger partial charge on any atom is -0.481 e. The van der Waals surface area contributed by atoms with Gasteiger partial charge >= 0.3 is 12.0 Å². The molecule has 0 aromatic heterocycles. The van der Waals surface area contributed by atoms with Crippen molar-refractivity contribution in [1.29, 1.82) is 0 Å². The molecule has 1 saturated heterocycles. The molecule has 0 aromatic carbocycles. The number of carboxylic acids is 1. The third-order valence-corrected chi connectivity index (χ3v) is 3.39. The Bertz CT molecular complexity index is 303. The number of hydrogen-bond acceptors (Lipinski definition) is 3. The second kappa shape index (κ2) is 7.99. The van der Waals surface area contributed by atoms with E-state index < -0.39 is 5.97 Å². The number of urea groups is 1. The fourth-order valence-electron chi connectivity index (χ4n) is 2.55. The van der Waals surface area contributed by atoms with Crippen LogP contribution < -0.4 is 0 Å². The number of carboxylic acid groups (broad SMARTS) is 1. The van der Waals surface area contributed by atoms with Crippen molar-refractivity contribution >= 4 is 12.0 Å². The highest BCUT2D eigenvalue weighted by Gasteiger charge is 2.27. The van der Waals surface area contributed by atoms with Gasteiger partial charge in [0.2, 0.25) is 0 Å². The fourth-order valence-corrected chi connectivity index (χ4v) is 2.55. The number of amides is 2. The minimum absolute atomic E-state index is 0.0435. The summed E-state index contributed by atoms with van der Waals surface area (Å²) in [6.45, 7) is 4.10. The largest absolute Gasteiger partial charge is 0.481 e. The molecule has 0 radical (unpaired) electrons. The summed E-state index contributed by atoms with van der Waals surface area (Å²) in [5.41, 5.74) is 0. The van der Waals surface area contributed by atoms with Gasteiger partial charge in [0.05, 0.1) is 6.61 Å². The van der Waals surface area contributed by atoms with Gasteiger partial charge in [0, 0.05) is 32.6 Å². The third kappa shape index (κ3) is 5.06. The molecule has 110 valence electrons. The molecule has 1 heterocycles. The van der Waals surface area contributed by atoms with E-state index in [4.69, 9.17) is 10.2 Å². The monoisotopic (exact) mass is 272 g/mol. The Balaban J connectivity index is 2.56. The molecule has 1 aliphatic rings. The van der Waals surface area contributed by atoms with Crippen LogP contribution in [-0.4, -0.2) is 64.8 Å². The smallest absolute Gasteiger partial charge is 0.320 e. The number of piperidine rings is 1. The molecule has 1 fully saturated rings. The average molecular weight is 272 g/mol. The number of carbonyl (C=O) groups excluding carboxylic acids is 1. The van der Waals surface area contributed by atoms with Crippen LogP contribution in [0, 0.1) is 5.92 Å². The van der Waals surface area contributed by atoms with Crippen LogP contribution in [0.3, 0.4) is 0 Å². The Morgan fingerprint density at radius 1 is 1.37 bits per heavy atom. The molecule has 6 heteroatoms. The lowest BCUT2D eigenvalue weighted by Gasteiger charge is -2.36. The van der Waals surface area contributed by atoms with Crippen LogP contribution >= 0.6 is 0 Å². The Kier molecular flexibility index (Phi) is 6.62. The zero-order valence-corrected chi connectivity index (χ0v) is 11.5. The molecule has 1 unspecified atom stereocenters. The molecule has 2 amide bonds. The maximum Gasteiger partial charge on any atom is 0.320 e. The molecule has 0 bridgehead atoms. The second-order valence-corrected chi connectivity index (χ2v) is 5.05.